The van der Waals surface area contributed by atoms with E-state index in [1.807, 2.05) is 13.8 Å². The summed E-state index contributed by atoms with van der Waals surface area (Å²) in [6.07, 6.45) is 0.540. The van der Waals surface area contributed by atoms with Crippen molar-refractivity contribution >= 4 is 23.9 Å². The molecule has 23 heavy (non-hydrogen) atoms. The highest BCUT2D eigenvalue weighted by molar-refractivity contribution is 6.30. The van der Waals surface area contributed by atoms with Gasteiger partial charge < -0.3 is 9.47 Å². The van der Waals surface area contributed by atoms with E-state index in [9.17, 15) is 9.59 Å². The molecule has 0 amide bonds. The second-order valence-corrected chi connectivity index (χ2v) is 5.44. The van der Waals surface area contributed by atoms with Gasteiger partial charge in [0.1, 0.15) is 11.3 Å². The number of carbonyl (C=O) groups is 2. The highest BCUT2D eigenvalue weighted by atomic mass is 35.5. The van der Waals surface area contributed by atoms with Crippen molar-refractivity contribution in [2.45, 2.75) is 26.8 Å². The Balaban J connectivity index is 2.51. The number of aldehydes is 1. The van der Waals surface area contributed by atoms with Gasteiger partial charge in [-0.15, -0.1) is 0 Å². The van der Waals surface area contributed by atoms with E-state index in [1.54, 1.807) is 31.2 Å². The summed E-state index contributed by atoms with van der Waals surface area (Å²) in [6.45, 7) is 5.60. The first-order valence-electron chi connectivity index (χ1n) is 7.16. The fraction of sp³-hybridized carbons (Fsp3) is 0.312. The van der Waals surface area contributed by atoms with E-state index in [0.717, 1.165) is 0 Å². The quantitative estimate of drug-likeness (QED) is 0.591. The van der Waals surface area contributed by atoms with Gasteiger partial charge in [-0.05, 0) is 39.0 Å². The van der Waals surface area contributed by atoms with Crippen LogP contribution >= 0.6 is 11.6 Å². The predicted molar refractivity (Wildman–Crippen MR) is 85.5 cm³/mol. The molecule has 0 aliphatic heterocycles. The van der Waals surface area contributed by atoms with Gasteiger partial charge in [0.2, 0.25) is 5.88 Å². The summed E-state index contributed by atoms with van der Waals surface area (Å²) in [5.41, 5.74) is -0.00953. The number of ether oxygens (including phenoxy) is 2. The van der Waals surface area contributed by atoms with E-state index in [4.69, 9.17) is 21.1 Å². The number of benzene rings is 1. The highest BCUT2D eigenvalue weighted by Crippen LogP contribution is 2.31. The van der Waals surface area contributed by atoms with Gasteiger partial charge in [-0.2, -0.15) is 5.10 Å². The standard InChI is InChI=1S/C16H17ClN2O4/c1-4-22-16(21)14-13(9-20)15(19(18-14)10(2)3)23-12-7-5-6-11(17)8-12/h5-10H,4H2,1-3H3. The average molecular weight is 337 g/mol. The topological polar surface area (TPSA) is 70.4 Å². The molecule has 0 aliphatic rings. The molecule has 122 valence electrons. The minimum atomic E-state index is -0.662. The van der Waals surface area contributed by atoms with Crippen LogP contribution in [0.25, 0.3) is 0 Å². The van der Waals surface area contributed by atoms with Gasteiger partial charge in [-0.1, -0.05) is 17.7 Å². The Morgan fingerprint density at radius 1 is 1.43 bits per heavy atom. The minimum absolute atomic E-state index is 0.0529. The van der Waals surface area contributed by atoms with Crippen molar-refractivity contribution in [1.82, 2.24) is 9.78 Å². The summed E-state index contributed by atoms with van der Waals surface area (Å²) >= 11 is 5.94. The zero-order valence-electron chi connectivity index (χ0n) is 13.1. The van der Waals surface area contributed by atoms with Crippen molar-refractivity contribution < 1.29 is 19.1 Å². The number of halogens is 1. The number of carbonyl (C=O) groups excluding carboxylic acids is 2. The van der Waals surface area contributed by atoms with Crippen LogP contribution in [0.3, 0.4) is 0 Å². The van der Waals surface area contributed by atoms with Gasteiger partial charge >= 0.3 is 5.97 Å². The van der Waals surface area contributed by atoms with Crippen LogP contribution in [0.15, 0.2) is 24.3 Å². The van der Waals surface area contributed by atoms with Crippen LogP contribution in [0.1, 0.15) is 47.7 Å². The van der Waals surface area contributed by atoms with Crippen molar-refractivity contribution in [3.8, 4) is 11.6 Å². The van der Waals surface area contributed by atoms with Crippen LogP contribution in [0.5, 0.6) is 11.6 Å². The van der Waals surface area contributed by atoms with Crippen LogP contribution in [-0.4, -0.2) is 28.6 Å². The van der Waals surface area contributed by atoms with Crippen molar-refractivity contribution in [3.63, 3.8) is 0 Å². The van der Waals surface area contributed by atoms with Crippen molar-refractivity contribution in [2.24, 2.45) is 0 Å². The molecule has 2 aromatic rings. The monoisotopic (exact) mass is 336 g/mol. The first-order chi connectivity index (χ1) is 11.0. The van der Waals surface area contributed by atoms with Crippen LogP contribution in [0, 0.1) is 0 Å². The van der Waals surface area contributed by atoms with Gasteiger partial charge in [-0.25, -0.2) is 9.48 Å². The number of hydrogen-bond acceptors (Lipinski definition) is 5. The van der Waals surface area contributed by atoms with E-state index in [2.05, 4.69) is 5.10 Å². The SMILES string of the molecule is CCOC(=O)c1nn(C(C)C)c(Oc2cccc(Cl)c2)c1C=O. The Morgan fingerprint density at radius 3 is 2.74 bits per heavy atom. The van der Waals surface area contributed by atoms with Crippen molar-refractivity contribution in [2.75, 3.05) is 6.61 Å². The number of rotatable bonds is 6. The Morgan fingerprint density at radius 2 is 2.17 bits per heavy atom. The van der Waals surface area contributed by atoms with E-state index in [1.165, 1.54) is 4.68 Å². The number of nitrogens with zero attached hydrogens (tertiary/aromatic N) is 2. The third-order valence-electron chi connectivity index (χ3n) is 2.99. The second-order valence-electron chi connectivity index (χ2n) is 5.00. The van der Waals surface area contributed by atoms with Crippen LogP contribution in [-0.2, 0) is 4.74 Å². The molecule has 0 aliphatic carbocycles. The fourth-order valence-electron chi connectivity index (χ4n) is 1.98. The largest absolute Gasteiger partial charge is 0.461 e. The summed E-state index contributed by atoms with van der Waals surface area (Å²) in [5.74, 6) is -0.0388. The molecular weight excluding hydrogens is 320 g/mol. The van der Waals surface area contributed by atoms with Crippen LogP contribution in [0.4, 0.5) is 0 Å². The lowest BCUT2D eigenvalue weighted by molar-refractivity contribution is 0.0516. The number of aromatic nitrogens is 2. The molecule has 2 rings (SSSR count). The molecule has 0 spiro atoms. The summed E-state index contributed by atoms with van der Waals surface area (Å²) in [7, 11) is 0. The first-order valence-corrected chi connectivity index (χ1v) is 7.54. The van der Waals surface area contributed by atoms with Crippen molar-refractivity contribution in [1.29, 1.82) is 0 Å². The maximum Gasteiger partial charge on any atom is 0.359 e. The van der Waals surface area contributed by atoms with Gasteiger partial charge in [-0.3, -0.25) is 4.79 Å². The summed E-state index contributed by atoms with van der Waals surface area (Å²) in [5, 5.41) is 4.67. The molecule has 0 saturated carbocycles. The van der Waals surface area contributed by atoms with Gasteiger partial charge in [0.05, 0.1) is 12.6 Å². The summed E-state index contributed by atoms with van der Waals surface area (Å²) in [4.78, 5) is 23.5. The molecule has 0 bridgehead atoms. The molecule has 1 aromatic heterocycles. The molecular formula is C16H17ClN2O4. The van der Waals surface area contributed by atoms with Crippen LogP contribution < -0.4 is 4.74 Å². The van der Waals surface area contributed by atoms with Gasteiger partial charge in [0, 0.05) is 5.02 Å². The van der Waals surface area contributed by atoms with Gasteiger partial charge in [0.25, 0.3) is 0 Å². The molecule has 0 fully saturated rings. The molecule has 0 unspecified atom stereocenters. The lowest BCUT2D eigenvalue weighted by Crippen LogP contribution is -2.09. The molecule has 0 N–H and O–H groups in total. The molecule has 0 saturated heterocycles. The zero-order valence-corrected chi connectivity index (χ0v) is 13.8. The maximum absolute atomic E-state index is 12.0. The van der Waals surface area contributed by atoms with Gasteiger partial charge in [0.15, 0.2) is 12.0 Å². The van der Waals surface area contributed by atoms with E-state index in [0.29, 0.717) is 17.1 Å². The normalized spacial score (nSPS) is 10.7. The smallest absolute Gasteiger partial charge is 0.359 e. The Bertz CT molecular complexity index is 725. The minimum Gasteiger partial charge on any atom is -0.461 e. The van der Waals surface area contributed by atoms with E-state index >= 15 is 0 Å². The average Bonchev–Trinajstić information content (AvgIpc) is 2.86. The second kappa shape index (κ2) is 7.28. The lowest BCUT2D eigenvalue weighted by atomic mass is 10.2. The Labute approximate surface area is 139 Å². The zero-order chi connectivity index (χ0) is 17.0. The Kier molecular flexibility index (Phi) is 5.39. The summed E-state index contributed by atoms with van der Waals surface area (Å²) < 4.78 is 12.2. The first kappa shape index (κ1) is 17.0. The van der Waals surface area contributed by atoms with E-state index in [-0.39, 0.29) is 29.8 Å². The number of hydrogen-bond donors (Lipinski definition) is 0. The summed E-state index contributed by atoms with van der Waals surface area (Å²) in [6, 6.07) is 6.62. The molecule has 0 radical (unpaired) electrons. The molecule has 0 atom stereocenters. The lowest BCUT2D eigenvalue weighted by Gasteiger charge is -2.12. The Hall–Kier alpha value is -2.34. The third-order valence-corrected chi connectivity index (χ3v) is 3.22. The van der Waals surface area contributed by atoms with Crippen molar-refractivity contribution in [3.05, 3.63) is 40.5 Å². The molecule has 1 heterocycles. The predicted octanol–water partition coefficient (Wildman–Crippen LogP) is 3.90. The molecule has 6 nitrogen and oxygen atoms in total. The number of esters is 1. The maximum atomic E-state index is 12.0. The van der Waals surface area contributed by atoms with Crippen LogP contribution in [0.2, 0.25) is 5.02 Å². The molecule has 1 aromatic carbocycles. The third kappa shape index (κ3) is 3.71. The highest BCUT2D eigenvalue weighted by Gasteiger charge is 2.26. The molecule has 7 heteroatoms. The fourth-order valence-corrected chi connectivity index (χ4v) is 2.16. The van der Waals surface area contributed by atoms with E-state index < -0.39 is 5.97 Å².